The Hall–Kier alpha value is -0.610. The first-order chi connectivity index (χ1) is 7.15. The van der Waals surface area contributed by atoms with E-state index in [4.69, 9.17) is 5.11 Å². The van der Waals surface area contributed by atoms with Crippen LogP contribution in [0.15, 0.2) is 0 Å². The molecule has 15 heavy (non-hydrogen) atoms. The Bertz CT molecular complexity index is 203. The minimum absolute atomic E-state index is 0.0362. The highest BCUT2D eigenvalue weighted by Gasteiger charge is 2.21. The van der Waals surface area contributed by atoms with E-state index in [0.717, 1.165) is 25.9 Å². The van der Waals surface area contributed by atoms with Gasteiger partial charge in [-0.05, 0) is 38.8 Å². The van der Waals surface area contributed by atoms with E-state index in [2.05, 4.69) is 5.32 Å². The Morgan fingerprint density at radius 2 is 2.13 bits per heavy atom. The molecule has 0 radical (unpaired) electrons. The van der Waals surface area contributed by atoms with Gasteiger partial charge in [0.25, 0.3) is 0 Å². The molecule has 0 spiro atoms. The standard InChI is InChI=1S/C11H22N2O2/c1-9(8-14)13(2)11(15)7-10-3-5-12-6-4-10/h9-10,12,14H,3-8H2,1-2H3. The number of nitrogens with zero attached hydrogens (tertiary/aromatic N) is 1. The molecule has 0 aromatic carbocycles. The van der Waals surface area contributed by atoms with Gasteiger partial charge in [0.2, 0.25) is 5.91 Å². The van der Waals surface area contributed by atoms with E-state index >= 15 is 0 Å². The van der Waals surface area contributed by atoms with E-state index in [0.29, 0.717) is 12.3 Å². The Labute approximate surface area is 91.6 Å². The number of carbonyl (C=O) groups excluding carboxylic acids is 1. The fourth-order valence-corrected chi connectivity index (χ4v) is 1.85. The van der Waals surface area contributed by atoms with Gasteiger partial charge in [0.1, 0.15) is 0 Å². The van der Waals surface area contributed by atoms with Crippen LogP contribution in [-0.4, -0.2) is 48.7 Å². The first-order valence-corrected chi connectivity index (χ1v) is 5.72. The summed E-state index contributed by atoms with van der Waals surface area (Å²) in [7, 11) is 1.77. The fraction of sp³-hybridized carbons (Fsp3) is 0.909. The highest BCUT2D eigenvalue weighted by Crippen LogP contribution is 2.17. The van der Waals surface area contributed by atoms with Crippen molar-refractivity contribution < 1.29 is 9.90 Å². The van der Waals surface area contributed by atoms with Gasteiger partial charge >= 0.3 is 0 Å². The summed E-state index contributed by atoms with van der Waals surface area (Å²) in [6.07, 6.45) is 2.81. The number of rotatable bonds is 4. The average molecular weight is 214 g/mol. The van der Waals surface area contributed by atoms with Crippen molar-refractivity contribution in [2.45, 2.75) is 32.2 Å². The maximum absolute atomic E-state index is 11.8. The van der Waals surface area contributed by atoms with E-state index in [1.807, 2.05) is 6.92 Å². The minimum atomic E-state index is -0.0702. The van der Waals surface area contributed by atoms with E-state index in [1.54, 1.807) is 11.9 Å². The smallest absolute Gasteiger partial charge is 0.222 e. The second-order valence-electron chi connectivity index (χ2n) is 4.43. The third kappa shape index (κ3) is 3.80. The van der Waals surface area contributed by atoms with Gasteiger partial charge in [-0.15, -0.1) is 0 Å². The van der Waals surface area contributed by atoms with Gasteiger partial charge in [-0.3, -0.25) is 4.79 Å². The molecule has 1 fully saturated rings. The monoisotopic (exact) mass is 214 g/mol. The van der Waals surface area contributed by atoms with Crippen molar-refractivity contribution in [1.82, 2.24) is 10.2 Å². The third-order valence-electron chi connectivity index (χ3n) is 3.24. The fourth-order valence-electron chi connectivity index (χ4n) is 1.85. The van der Waals surface area contributed by atoms with E-state index < -0.39 is 0 Å². The van der Waals surface area contributed by atoms with Crippen LogP contribution >= 0.6 is 0 Å². The van der Waals surface area contributed by atoms with Crippen LogP contribution in [0.2, 0.25) is 0 Å². The largest absolute Gasteiger partial charge is 0.394 e. The zero-order valence-electron chi connectivity index (χ0n) is 9.70. The summed E-state index contributed by atoms with van der Waals surface area (Å²) >= 11 is 0. The molecule has 1 aliphatic heterocycles. The van der Waals surface area contributed by atoms with Crippen LogP contribution in [0.1, 0.15) is 26.2 Å². The van der Waals surface area contributed by atoms with Crippen molar-refractivity contribution in [2.24, 2.45) is 5.92 Å². The van der Waals surface area contributed by atoms with Gasteiger partial charge in [-0.1, -0.05) is 0 Å². The SMILES string of the molecule is CC(CO)N(C)C(=O)CC1CCNCC1. The maximum atomic E-state index is 11.8. The normalized spacial score (nSPS) is 19.9. The molecule has 1 aliphatic rings. The summed E-state index contributed by atoms with van der Waals surface area (Å²) in [5.41, 5.74) is 0. The van der Waals surface area contributed by atoms with Crippen LogP contribution in [0.3, 0.4) is 0 Å². The van der Waals surface area contributed by atoms with Crippen molar-refractivity contribution in [3.05, 3.63) is 0 Å². The second-order valence-corrected chi connectivity index (χ2v) is 4.43. The lowest BCUT2D eigenvalue weighted by Crippen LogP contribution is -2.39. The molecule has 88 valence electrons. The predicted octanol–water partition coefficient (Wildman–Crippen LogP) is 0.215. The van der Waals surface area contributed by atoms with E-state index in [1.165, 1.54) is 0 Å². The molecule has 4 heteroatoms. The number of carbonyl (C=O) groups is 1. The Kier molecular flexibility index (Phi) is 5.05. The van der Waals surface area contributed by atoms with Crippen LogP contribution in [0.4, 0.5) is 0 Å². The summed E-state index contributed by atoms with van der Waals surface area (Å²) < 4.78 is 0. The topological polar surface area (TPSA) is 52.6 Å². The summed E-state index contributed by atoms with van der Waals surface area (Å²) in [6.45, 7) is 3.95. The number of piperidine rings is 1. The first kappa shape index (κ1) is 12.5. The van der Waals surface area contributed by atoms with E-state index in [9.17, 15) is 4.79 Å². The van der Waals surface area contributed by atoms with Crippen molar-refractivity contribution in [1.29, 1.82) is 0 Å². The lowest BCUT2D eigenvalue weighted by molar-refractivity contribution is -0.133. The number of hydrogen-bond acceptors (Lipinski definition) is 3. The quantitative estimate of drug-likeness (QED) is 0.703. The van der Waals surface area contributed by atoms with Crippen molar-refractivity contribution in [2.75, 3.05) is 26.7 Å². The molecule has 0 aromatic rings. The molecule has 2 N–H and O–H groups in total. The highest BCUT2D eigenvalue weighted by atomic mass is 16.3. The van der Waals surface area contributed by atoms with Crippen molar-refractivity contribution in [3.8, 4) is 0 Å². The lowest BCUT2D eigenvalue weighted by atomic mass is 9.94. The van der Waals surface area contributed by atoms with Gasteiger partial charge in [0, 0.05) is 13.5 Å². The molecule has 1 rings (SSSR count). The molecular formula is C11H22N2O2. The highest BCUT2D eigenvalue weighted by molar-refractivity contribution is 5.76. The minimum Gasteiger partial charge on any atom is -0.394 e. The molecule has 0 aromatic heterocycles. The first-order valence-electron chi connectivity index (χ1n) is 5.72. The summed E-state index contributed by atoms with van der Waals surface area (Å²) in [5.74, 6) is 0.676. The van der Waals surface area contributed by atoms with Crippen molar-refractivity contribution >= 4 is 5.91 Å². The number of aliphatic hydroxyl groups excluding tert-OH is 1. The van der Waals surface area contributed by atoms with Crippen LogP contribution in [0.25, 0.3) is 0 Å². The summed E-state index contributed by atoms with van der Waals surface area (Å²) in [4.78, 5) is 13.5. The third-order valence-corrected chi connectivity index (χ3v) is 3.24. The molecule has 1 amide bonds. The van der Waals surface area contributed by atoms with Crippen LogP contribution in [0, 0.1) is 5.92 Å². The zero-order chi connectivity index (χ0) is 11.3. The summed E-state index contributed by atoms with van der Waals surface area (Å²) in [6, 6.07) is -0.0702. The molecule has 4 nitrogen and oxygen atoms in total. The average Bonchev–Trinajstić information content (AvgIpc) is 2.28. The van der Waals surface area contributed by atoms with Gasteiger partial charge in [0.15, 0.2) is 0 Å². The lowest BCUT2D eigenvalue weighted by Gasteiger charge is -2.27. The van der Waals surface area contributed by atoms with Gasteiger partial charge in [-0.25, -0.2) is 0 Å². The molecule has 0 aliphatic carbocycles. The summed E-state index contributed by atoms with van der Waals surface area (Å²) in [5, 5.41) is 12.2. The molecule has 1 saturated heterocycles. The Balaban J connectivity index is 2.33. The number of nitrogens with one attached hydrogen (secondary N) is 1. The number of amides is 1. The van der Waals surface area contributed by atoms with Crippen LogP contribution < -0.4 is 5.32 Å². The Morgan fingerprint density at radius 3 is 2.67 bits per heavy atom. The number of aliphatic hydroxyl groups is 1. The molecule has 1 heterocycles. The molecule has 0 saturated carbocycles. The zero-order valence-corrected chi connectivity index (χ0v) is 9.70. The van der Waals surface area contributed by atoms with E-state index in [-0.39, 0.29) is 18.6 Å². The van der Waals surface area contributed by atoms with Crippen molar-refractivity contribution in [3.63, 3.8) is 0 Å². The predicted molar refractivity (Wildman–Crippen MR) is 59.5 cm³/mol. The number of hydrogen-bond donors (Lipinski definition) is 2. The van der Waals surface area contributed by atoms with Crippen LogP contribution in [0.5, 0.6) is 0 Å². The molecule has 1 atom stereocenters. The maximum Gasteiger partial charge on any atom is 0.222 e. The van der Waals surface area contributed by atoms with Crippen LogP contribution in [-0.2, 0) is 4.79 Å². The second kappa shape index (κ2) is 6.08. The Morgan fingerprint density at radius 1 is 1.53 bits per heavy atom. The molecular weight excluding hydrogens is 192 g/mol. The van der Waals surface area contributed by atoms with Gasteiger partial charge < -0.3 is 15.3 Å². The molecule has 1 unspecified atom stereocenters. The van der Waals surface area contributed by atoms with Gasteiger partial charge in [-0.2, -0.15) is 0 Å². The number of likely N-dealkylation sites (N-methyl/N-ethyl adjacent to an activating group) is 1. The van der Waals surface area contributed by atoms with Gasteiger partial charge in [0.05, 0.1) is 12.6 Å². The molecule has 0 bridgehead atoms.